The Kier molecular flexibility index (Phi) is 8.34. The van der Waals surface area contributed by atoms with Crippen LogP contribution < -0.4 is 20.7 Å². The summed E-state index contributed by atoms with van der Waals surface area (Å²) >= 11 is 3.64. The van der Waals surface area contributed by atoms with Gasteiger partial charge in [-0.05, 0) is 0 Å². The van der Waals surface area contributed by atoms with Gasteiger partial charge in [-0.3, -0.25) is 0 Å². The van der Waals surface area contributed by atoms with E-state index in [1.54, 1.807) is 0 Å². The summed E-state index contributed by atoms with van der Waals surface area (Å²) in [7, 11) is 0. The first-order chi connectivity index (χ1) is 15.6. The Morgan fingerprint density at radius 3 is 1.61 bits per heavy atom. The first kappa shape index (κ1) is 25.4. The van der Waals surface area contributed by atoms with Crippen LogP contribution in [-0.2, 0) is 0 Å². The van der Waals surface area contributed by atoms with Crippen LogP contribution in [0.25, 0.3) is 6.08 Å². The topological polar surface area (TPSA) is 9.23 Å². The molecule has 0 heterocycles. The summed E-state index contributed by atoms with van der Waals surface area (Å²) in [6, 6.07) is 38.9. The fourth-order valence-corrected chi connectivity index (χ4v) is 9.49. The van der Waals surface area contributed by atoms with E-state index in [1.165, 1.54) is 15.9 Å². The van der Waals surface area contributed by atoms with E-state index in [1.807, 2.05) is 19.1 Å². The molecule has 0 bridgehead atoms. The molecule has 0 aliphatic rings. The van der Waals surface area contributed by atoms with Gasteiger partial charge in [0.1, 0.15) is 0 Å². The number of ether oxygens (including phenoxy) is 1. The van der Waals surface area contributed by atoms with E-state index >= 15 is 0 Å². The van der Waals surface area contributed by atoms with Gasteiger partial charge < -0.3 is 0 Å². The van der Waals surface area contributed by atoms with E-state index in [9.17, 15) is 0 Å². The van der Waals surface area contributed by atoms with Crippen LogP contribution in [0.3, 0.4) is 0 Å². The molecule has 170 valence electrons. The van der Waals surface area contributed by atoms with Crippen molar-refractivity contribution in [1.29, 1.82) is 0 Å². The Morgan fingerprint density at radius 1 is 0.727 bits per heavy atom. The Bertz CT molecular complexity index is 1110. The summed E-state index contributed by atoms with van der Waals surface area (Å²) in [4.78, 5) is 0. The minimum absolute atomic E-state index is 0. The fraction of sp³-hybridized carbons (Fsp3) is 0.103. The van der Waals surface area contributed by atoms with Crippen molar-refractivity contribution < 1.29 is 4.74 Å². The van der Waals surface area contributed by atoms with Gasteiger partial charge in [-0.25, -0.2) is 0 Å². The third-order valence-electron chi connectivity index (χ3n) is 6.16. The van der Waals surface area contributed by atoms with Crippen molar-refractivity contribution in [3.8, 4) is 5.75 Å². The third-order valence-corrected chi connectivity index (χ3v) is 12.4. The van der Waals surface area contributed by atoms with E-state index in [-0.39, 0.29) is 17.0 Å². The van der Waals surface area contributed by atoms with Crippen molar-refractivity contribution in [1.82, 2.24) is 0 Å². The molecule has 4 rings (SSSR count). The Morgan fingerprint density at radius 2 is 1.18 bits per heavy atom. The maximum atomic E-state index is 5.95. The molecule has 0 radical (unpaired) electrons. The van der Waals surface area contributed by atoms with Gasteiger partial charge >= 0.3 is 200 Å². The molecular formula is C29H29Br2OP. The molecule has 0 fully saturated rings. The van der Waals surface area contributed by atoms with Crippen LogP contribution in [0.4, 0.5) is 0 Å². The predicted octanol–water partition coefficient (Wildman–Crippen LogP) is 7.56. The zero-order valence-corrected chi connectivity index (χ0v) is 23.1. The monoisotopic (exact) mass is 582 g/mol. The third kappa shape index (κ3) is 4.87. The molecule has 4 aromatic carbocycles. The fourth-order valence-electron chi connectivity index (χ4n) is 4.35. The van der Waals surface area contributed by atoms with Gasteiger partial charge in [-0.15, -0.1) is 17.0 Å². The van der Waals surface area contributed by atoms with Crippen molar-refractivity contribution in [2.45, 2.75) is 6.92 Å². The molecule has 0 spiro atoms. The molecule has 0 atom stereocenters. The number of rotatable bonds is 7. The van der Waals surface area contributed by atoms with Crippen molar-refractivity contribution in [3.05, 3.63) is 125 Å². The molecule has 0 amide bonds. The molecule has 1 nitrogen and oxygen atoms in total. The van der Waals surface area contributed by atoms with E-state index in [2.05, 4.69) is 132 Å². The maximum absolute atomic E-state index is 5.95. The quantitative estimate of drug-likeness (QED) is 0.204. The molecule has 0 saturated heterocycles. The summed E-state index contributed by atoms with van der Waals surface area (Å²) in [5.74, 6) is 3.35. The standard InChI is InChI=1S/C29H28BrOP.BrH/c1-3-31-29-20-19-25(30)23-24(29)21-22-32(2,26-13-7-4-8-14-26,27-15-9-5-10-16-27)28-17-11-6-12-18-28;/h4-23H,3H2,1-2H3;1H. The minimum atomic E-state index is -2.94. The molecule has 0 unspecified atom stereocenters. The summed E-state index contributed by atoms with van der Waals surface area (Å²) in [5, 5.41) is 4.00. The van der Waals surface area contributed by atoms with Gasteiger partial charge in [0.25, 0.3) is 0 Å². The molecule has 0 aromatic heterocycles. The van der Waals surface area contributed by atoms with Crippen LogP contribution in [0.2, 0.25) is 0 Å². The molecule has 0 aliphatic carbocycles. The molecule has 0 N–H and O–H groups in total. The number of hydrogen-bond acceptors (Lipinski definition) is 1. The van der Waals surface area contributed by atoms with Crippen LogP contribution in [0.15, 0.2) is 119 Å². The first-order valence-corrected chi connectivity index (χ1v) is 14.4. The molecule has 4 aromatic rings. The Labute approximate surface area is 216 Å². The van der Waals surface area contributed by atoms with Gasteiger partial charge in [-0.1, -0.05) is 0 Å². The van der Waals surface area contributed by atoms with E-state index in [0.717, 1.165) is 15.8 Å². The van der Waals surface area contributed by atoms with Gasteiger partial charge in [0.05, 0.1) is 0 Å². The molecular weight excluding hydrogens is 555 g/mol. The number of hydrogen-bond donors (Lipinski definition) is 0. The SMILES string of the molecule is Br.CCOc1ccc(Br)cc1C=CP(C)(c1ccccc1)(c1ccccc1)c1ccccc1. The first-order valence-electron chi connectivity index (χ1n) is 10.9. The van der Waals surface area contributed by atoms with Crippen molar-refractivity contribution in [2.75, 3.05) is 13.3 Å². The van der Waals surface area contributed by atoms with Gasteiger partial charge in [0.2, 0.25) is 0 Å². The van der Waals surface area contributed by atoms with Crippen molar-refractivity contribution in [2.24, 2.45) is 0 Å². The van der Waals surface area contributed by atoms with Crippen molar-refractivity contribution in [3.63, 3.8) is 0 Å². The summed E-state index contributed by atoms with van der Waals surface area (Å²) in [6.45, 7) is 2.16. The zero-order chi connectivity index (χ0) is 22.5. The number of halogens is 2. The average molecular weight is 584 g/mol. The molecule has 33 heavy (non-hydrogen) atoms. The van der Waals surface area contributed by atoms with E-state index < -0.39 is 6.60 Å². The van der Waals surface area contributed by atoms with Gasteiger partial charge in [0.15, 0.2) is 0 Å². The van der Waals surface area contributed by atoms with Crippen LogP contribution in [0, 0.1) is 0 Å². The van der Waals surface area contributed by atoms with Crippen molar-refractivity contribution >= 4 is 61.5 Å². The second-order valence-corrected chi connectivity index (χ2v) is 14.2. The van der Waals surface area contributed by atoms with Gasteiger partial charge in [-0.2, -0.15) is 0 Å². The normalized spacial score (nSPS) is 12.5. The van der Waals surface area contributed by atoms with Crippen LogP contribution in [0.5, 0.6) is 5.75 Å². The Hall–Kier alpha value is -2.19. The van der Waals surface area contributed by atoms with Crippen LogP contribution in [-0.4, -0.2) is 13.3 Å². The number of benzene rings is 4. The molecule has 0 aliphatic heterocycles. The zero-order valence-electron chi connectivity index (χ0n) is 18.9. The van der Waals surface area contributed by atoms with Crippen LogP contribution >= 0.6 is 39.5 Å². The summed E-state index contributed by atoms with van der Waals surface area (Å²) in [5.41, 5.74) is 1.07. The van der Waals surface area contributed by atoms with E-state index in [0.29, 0.717) is 6.61 Å². The Balaban J connectivity index is 0.00000306. The molecule has 0 saturated carbocycles. The second kappa shape index (κ2) is 10.8. The summed E-state index contributed by atoms with van der Waals surface area (Å²) in [6.07, 6.45) is 2.25. The summed E-state index contributed by atoms with van der Waals surface area (Å²) < 4.78 is 6.99. The van der Waals surface area contributed by atoms with Gasteiger partial charge in [0, 0.05) is 0 Å². The predicted molar refractivity (Wildman–Crippen MR) is 156 cm³/mol. The average Bonchev–Trinajstić information content (AvgIpc) is 2.86. The molecule has 4 heteroatoms. The van der Waals surface area contributed by atoms with Crippen LogP contribution in [0.1, 0.15) is 12.5 Å². The second-order valence-electron chi connectivity index (χ2n) is 8.09. The van der Waals surface area contributed by atoms with E-state index in [4.69, 9.17) is 4.74 Å².